The summed E-state index contributed by atoms with van der Waals surface area (Å²) in [5.41, 5.74) is -4.31. The van der Waals surface area contributed by atoms with Crippen LogP contribution in [-0.4, -0.2) is 83.8 Å². The Labute approximate surface area is 167 Å². The molecule has 0 bridgehead atoms. The SMILES string of the molecule is CCOC(O)C1CCC(O)C(O)(CCC(O)C(C)(O)CCC(O)C(C)(C)O)C1. The number of ether oxygens (including phenoxy) is 1. The van der Waals surface area contributed by atoms with Gasteiger partial charge in [0.2, 0.25) is 0 Å². The second kappa shape index (κ2) is 10.1. The quantitative estimate of drug-likeness (QED) is 0.237. The molecule has 28 heavy (non-hydrogen) atoms. The van der Waals surface area contributed by atoms with Gasteiger partial charge in [0.05, 0.1) is 35.1 Å². The number of aliphatic hydroxyl groups is 7. The Bertz CT molecular complexity index is 464. The Morgan fingerprint density at radius 3 is 2.18 bits per heavy atom. The van der Waals surface area contributed by atoms with E-state index in [1.54, 1.807) is 6.92 Å². The first kappa shape index (κ1) is 25.7. The minimum atomic E-state index is -1.52. The van der Waals surface area contributed by atoms with Crippen LogP contribution in [0.1, 0.15) is 72.6 Å². The van der Waals surface area contributed by atoms with Gasteiger partial charge in [0.15, 0.2) is 6.29 Å². The molecule has 1 saturated carbocycles. The van der Waals surface area contributed by atoms with Gasteiger partial charge in [0.25, 0.3) is 0 Å². The Hall–Kier alpha value is -0.320. The van der Waals surface area contributed by atoms with Gasteiger partial charge in [0, 0.05) is 12.5 Å². The molecule has 7 atom stereocenters. The minimum Gasteiger partial charge on any atom is -0.390 e. The topological polar surface area (TPSA) is 151 Å². The van der Waals surface area contributed by atoms with Crippen LogP contribution in [0, 0.1) is 5.92 Å². The number of rotatable bonds is 11. The summed E-state index contributed by atoms with van der Waals surface area (Å²) in [5, 5.41) is 71.8. The Kier molecular flexibility index (Phi) is 9.30. The summed E-state index contributed by atoms with van der Waals surface area (Å²) in [6.07, 6.45) is -2.99. The molecule has 1 rings (SSSR count). The van der Waals surface area contributed by atoms with Crippen LogP contribution in [-0.2, 0) is 4.74 Å². The molecule has 0 heterocycles. The summed E-state index contributed by atoms with van der Waals surface area (Å²) >= 11 is 0. The van der Waals surface area contributed by atoms with Crippen molar-refractivity contribution in [3.8, 4) is 0 Å². The molecule has 7 N–H and O–H groups in total. The Morgan fingerprint density at radius 1 is 1.04 bits per heavy atom. The maximum Gasteiger partial charge on any atom is 0.157 e. The molecule has 0 aromatic heterocycles. The molecular formula is C20H40O8. The van der Waals surface area contributed by atoms with Crippen LogP contribution in [0.3, 0.4) is 0 Å². The largest absolute Gasteiger partial charge is 0.390 e. The molecule has 0 radical (unpaired) electrons. The van der Waals surface area contributed by atoms with Gasteiger partial charge in [0.1, 0.15) is 0 Å². The molecule has 0 saturated heterocycles. The van der Waals surface area contributed by atoms with E-state index in [2.05, 4.69) is 0 Å². The van der Waals surface area contributed by atoms with Crippen LogP contribution in [0.15, 0.2) is 0 Å². The van der Waals surface area contributed by atoms with E-state index in [1.807, 2.05) is 0 Å². The van der Waals surface area contributed by atoms with Gasteiger partial charge < -0.3 is 40.5 Å². The zero-order valence-corrected chi connectivity index (χ0v) is 17.6. The standard InChI is InChI=1S/C20H40O8/c1-5-28-17(24)13-6-7-16(23)20(27,12-13)11-9-15(22)19(4,26)10-8-14(21)18(2,3)25/h13-17,21-27H,5-12H2,1-4H3. The maximum absolute atomic E-state index is 10.9. The monoisotopic (exact) mass is 408 g/mol. The van der Waals surface area contributed by atoms with Crippen molar-refractivity contribution in [1.29, 1.82) is 0 Å². The van der Waals surface area contributed by atoms with E-state index in [9.17, 15) is 35.7 Å². The predicted octanol–water partition coefficient (Wildman–Crippen LogP) is 0.0375. The molecule has 0 spiro atoms. The molecule has 1 aliphatic carbocycles. The van der Waals surface area contributed by atoms with Gasteiger partial charge in [-0.2, -0.15) is 0 Å². The average molecular weight is 409 g/mol. The third-order valence-corrected chi connectivity index (χ3v) is 6.10. The van der Waals surface area contributed by atoms with Crippen molar-refractivity contribution in [2.75, 3.05) is 6.61 Å². The zero-order valence-electron chi connectivity index (χ0n) is 17.6. The summed E-state index contributed by atoms with van der Waals surface area (Å²) < 4.78 is 5.20. The summed E-state index contributed by atoms with van der Waals surface area (Å²) in [7, 11) is 0. The van der Waals surface area contributed by atoms with E-state index in [0.29, 0.717) is 19.4 Å². The van der Waals surface area contributed by atoms with Gasteiger partial charge in [-0.25, -0.2) is 0 Å². The minimum absolute atomic E-state index is 0.0383. The van der Waals surface area contributed by atoms with Gasteiger partial charge >= 0.3 is 0 Å². The second-order valence-corrected chi connectivity index (χ2v) is 9.13. The Morgan fingerprint density at radius 2 is 1.64 bits per heavy atom. The summed E-state index contributed by atoms with van der Waals surface area (Å²) in [4.78, 5) is 0. The highest BCUT2D eigenvalue weighted by atomic mass is 16.6. The third kappa shape index (κ3) is 7.18. The van der Waals surface area contributed by atoms with Crippen LogP contribution < -0.4 is 0 Å². The van der Waals surface area contributed by atoms with Crippen LogP contribution in [0.4, 0.5) is 0 Å². The number of hydrogen-bond acceptors (Lipinski definition) is 8. The molecule has 0 aromatic rings. The van der Waals surface area contributed by atoms with Crippen molar-refractivity contribution >= 4 is 0 Å². The van der Waals surface area contributed by atoms with E-state index < -0.39 is 41.4 Å². The maximum atomic E-state index is 10.9. The highest BCUT2D eigenvalue weighted by Crippen LogP contribution is 2.39. The van der Waals surface area contributed by atoms with Crippen molar-refractivity contribution in [2.45, 2.75) is 114 Å². The van der Waals surface area contributed by atoms with Crippen molar-refractivity contribution in [3.63, 3.8) is 0 Å². The molecule has 1 fully saturated rings. The average Bonchev–Trinajstić information content (AvgIpc) is 2.59. The van der Waals surface area contributed by atoms with E-state index in [1.165, 1.54) is 20.8 Å². The van der Waals surface area contributed by atoms with Crippen LogP contribution in [0.25, 0.3) is 0 Å². The van der Waals surface area contributed by atoms with Gasteiger partial charge in [-0.05, 0) is 72.6 Å². The molecule has 0 amide bonds. The van der Waals surface area contributed by atoms with Crippen molar-refractivity contribution in [1.82, 2.24) is 0 Å². The fraction of sp³-hybridized carbons (Fsp3) is 1.00. The van der Waals surface area contributed by atoms with Crippen molar-refractivity contribution < 1.29 is 40.5 Å². The van der Waals surface area contributed by atoms with Crippen LogP contribution in [0.5, 0.6) is 0 Å². The zero-order chi connectivity index (χ0) is 21.8. The lowest BCUT2D eigenvalue weighted by Crippen LogP contribution is -2.51. The van der Waals surface area contributed by atoms with Crippen LogP contribution in [0.2, 0.25) is 0 Å². The van der Waals surface area contributed by atoms with Gasteiger partial charge in [-0.1, -0.05) is 0 Å². The van der Waals surface area contributed by atoms with E-state index in [0.717, 1.165) is 0 Å². The highest BCUT2D eigenvalue weighted by Gasteiger charge is 2.45. The molecule has 168 valence electrons. The molecule has 8 heteroatoms. The van der Waals surface area contributed by atoms with E-state index in [4.69, 9.17) is 4.74 Å². The molecular weight excluding hydrogens is 368 g/mol. The molecule has 7 unspecified atom stereocenters. The lowest BCUT2D eigenvalue weighted by Gasteiger charge is -2.43. The Balaban J connectivity index is 2.63. The highest BCUT2D eigenvalue weighted by molar-refractivity contribution is 4.96. The predicted molar refractivity (Wildman–Crippen MR) is 103 cm³/mol. The first-order chi connectivity index (χ1) is 12.7. The number of aliphatic hydroxyl groups excluding tert-OH is 4. The van der Waals surface area contributed by atoms with E-state index in [-0.39, 0.29) is 38.0 Å². The molecule has 0 aliphatic heterocycles. The smallest absolute Gasteiger partial charge is 0.157 e. The summed E-state index contributed by atoms with van der Waals surface area (Å²) in [6.45, 7) is 6.49. The number of hydrogen-bond donors (Lipinski definition) is 7. The lowest BCUT2D eigenvalue weighted by atomic mass is 9.72. The van der Waals surface area contributed by atoms with Crippen molar-refractivity contribution in [3.05, 3.63) is 0 Å². The van der Waals surface area contributed by atoms with Crippen molar-refractivity contribution in [2.24, 2.45) is 5.92 Å². The van der Waals surface area contributed by atoms with Crippen LogP contribution >= 0.6 is 0 Å². The fourth-order valence-electron chi connectivity index (χ4n) is 3.80. The lowest BCUT2D eigenvalue weighted by molar-refractivity contribution is -0.187. The summed E-state index contributed by atoms with van der Waals surface area (Å²) in [5.74, 6) is -0.312. The molecule has 8 nitrogen and oxygen atoms in total. The van der Waals surface area contributed by atoms with Gasteiger partial charge in [-0.3, -0.25) is 0 Å². The molecule has 0 aromatic carbocycles. The first-order valence-corrected chi connectivity index (χ1v) is 10.2. The fourth-order valence-corrected chi connectivity index (χ4v) is 3.80. The third-order valence-electron chi connectivity index (χ3n) is 6.10. The second-order valence-electron chi connectivity index (χ2n) is 9.13. The first-order valence-electron chi connectivity index (χ1n) is 10.2. The van der Waals surface area contributed by atoms with E-state index >= 15 is 0 Å². The summed E-state index contributed by atoms with van der Waals surface area (Å²) in [6, 6.07) is 0. The molecule has 1 aliphatic rings. The van der Waals surface area contributed by atoms with Gasteiger partial charge in [-0.15, -0.1) is 0 Å². The normalized spacial score (nSPS) is 31.8.